The summed E-state index contributed by atoms with van der Waals surface area (Å²) in [6.45, 7) is 5.07. The number of aliphatic hydroxyl groups is 1. The molecule has 0 spiro atoms. The number of methoxy groups -OCH3 is 1. The standard InChI is InChI=1S/C18H30O3/c1-18(2)14-10-13(15(12-19)16(18)11-14)8-6-4-5-7-9-17(20)21-3/h4,6,13-16,19H,5,7-12H2,1-3H3/t13-,14-,15+,16-/m1/s1. The molecule has 3 rings (SSSR count). The maximum absolute atomic E-state index is 11.0. The molecule has 0 heterocycles. The lowest BCUT2D eigenvalue weighted by molar-refractivity contribution is -0.145. The Morgan fingerprint density at radius 1 is 1.33 bits per heavy atom. The number of hydrogen-bond acceptors (Lipinski definition) is 3. The maximum atomic E-state index is 11.0. The highest BCUT2D eigenvalue weighted by molar-refractivity contribution is 5.69. The van der Waals surface area contributed by atoms with Crippen LogP contribution >= 0.6 is 0 Å². The van der Waals surface area contributed by atoms with Crippen LogP contribution in [0.15, 0.2) is 12.2 Å². The van der Waals surface area contributed by atoms with Gasteiger partial charge in [0.15, 0.2) is 0 Å². The Bertz CT molecular complexity index is 386. The highest BCUT2D eigenvalue weighted by atomic mass is 16.5. The fourth-order valence-electron chi connectivity index (χ4n) is 4.45. The summed E-state index contributed by atoms with van der Waals surface area (Å²) in [5.74, 6) is 2.55. The molecule has 4 atom stereocenters. The number of carbonyl (C=O) groups is 1. The number of aliphatic hydroxyl groups excluding tert-OH is 1. The maximum Gasteiger partial charge on any atom is 0.305 e. The van der Waals surface area contributed by atoms with Crippen LogP contribution in [0, 0.1) is 29.1 Å². The molecule has 21 heavy (non-hydrogen) atoms. The number of fused-ring (bicyclic) bond motifs is 2. The van der Waals surface area contributed by atoms with Crippen molar-refractivity contribution in [2.45, 2.75) is 52.4 Å². The van der Waals surface area contributed by atoms with Gasteiger partial charge in [0.25, 0.3) is 0 Å². The van der Waals surface area contributed by atoms with E-state index in [4.69, 9.17) is 0 Å². The van der Waals surface area contributed by atoms with E-state index in [1.165, 1.54) is 20.0 Å². The van der Waals surface area contributed by atoms with Gasteiger partial charge in [-0.2, -0.15) is 0 Å². The monoisotopic (exact) mass is 294 g/mol. The van der Waals surface area contributed by atoms with Gasteiger partial charge >= 0.3 is 5.97 Å². The molecule has 3 saturated carbocycles. The van der Waals surface area contributed by atoms with Crippen molar-refractivity contribution >= 4 is 5.97 Å². The van der Waals surface area contributed by atoms with Crippen molar-refractivity contribution in [2.24, 2.45) is 29.1 Å². The van der Waals surface area contributed by atoms with E-state index < -0.39 is 0 Å². The van der Waals surface area contributed by atoms with Crippen molar-refractivity contribution in [3.05, 3.63) is 12.2 Å². The van der Waals surface area contributed by atoms with E-state index in [1.54, 1.807) is 0 Å². The third-order valence-electron chi connectivity index (χ3n) is 6.05. The average molecular weight is 294 g/mol. The molecular formula is C18H30O3. The zero-order chi connectivity index (χ0) is 15.5. The van der Waals surface area contributed by atoms with Gasteiger partial charge in [-0.1, -0.05) is 26.0 Å². The predicted octanol–water partition coefficient (Wildman–Crippen LogP) is 3.57. The quantitative estimate of drug-likeness (QED) is 0.443. The van der Waals surface area contributed by atoms with Crippen LogP contribution in [0.3, 0.4) is 0 Å². The average Bonchev–Trinajstić information content (AvgIpc) is 2.49. The van der Waals surface area contributed by atoms with Gasteiger partial charge in [-0.3, -0.25) is 4.79 Å². The van der Waals surface area contributed by atoms with Gasteiger partial charge in [0.1, 0.15) is 0 Å². The molecule has 0 aliphatic heterocycles. The highest BCUT2D eigenvalue weighted by Gasteiger charge is 2.56. The summed E-state index contributed by atoms with van der Waals surface area (Å²) < 4.78 is 4.63. The van der Waals surface area contributed by atoms with E-state index in [9.17, 15) is 9.90 Å². The lowest BCUT2D eigenvalue weighted by Gasteiger charge is -2.62. The lowest BCUT2D eigenvalue weighted by Crippen LogP contribution is -2.56. The number of ether oxygens (including phenoxy) is 1. The molecule has 3 aliphatic rings. The van der Waals surface area contributed by atoms with Crippen molar-refractivity contribution in [3.8, 4) is 0 Å². The van der Waals surface area contributed by atoms with Crippen LogP contribution in [0.5, 0.6) is 0 Å². The van der Waals surface area contributed by atoms with E-state index in [1.807, 2.05) is 0 Å². The largest absolute Gasteiger partial charge is 0.469 e. The van der Waals surface area contributed by atoms with Gasteiger partial charge in [-0.25, -0.2) is 0 Å². The second-order valence-electron chi connectivity index (χ2n) is 7.38. The number of carbonyl (C=O) groups excluding carboxylic acids is 1. The van der Waals surface area contributed by atoms with Crippen LogP contribution < -0.4 is 0 Å². The molecule has 2 bridgehead atoms. The van der Waals surface area contributed by atoms with Gasteiger partial charge in [0.05, 0.1) is 7.11 Å². The van der Waals surface area contributed by atoms with Crippen molar-refractivity contribution in [2.75, 3.05) is 13.7 Å². The molecule has 0 amide bonds. The lowest BCUT2D eigenvalue weighted by atomic mass is 9.43. The second kappa shape index (κ2) is 6.95. The molecule has 0 radical (unpaired) electrons. The number of allylic oxidation sites excluding steroid dienone is 2. The summed E-state index contributed by atoms with van der Waals surface area (Å²) in [6.07, 6.45) is 10.4. The number of rotatable bonds is 7. The van der Waals surface area contributed by atoms with Crippen LogP contribution in [-0.4, -0.2) is 24.8 Å². The molecule has 3 heteroatoms. The van der Waals surface area contributed by atoms with Crippen LogP contribution in [0.1, 0.15) is 52.4 Å². The summed E-state index contributed by atoms with van der Waals surface area (Å²) in [4.78, 5) is 11.0. The third kappa shape index (κ3) is 3.50. The Morgan fingerprint density at radius 2 is 2.10 bits per heavy atom. The summed E-state index contributed by atoms with van der Waals surface area (Å²) in [7, 11) is 1.43. The minimum Gasteiger partial charge on any atom is -0.469 e. The Hall–Kier alpha value is -0.830. The zero-order valence-electron chi connectivity index (χ0n) is 13.7. The fourth-order valence-corrected chi connectivity index (χ4v) is 4.45. The zero-order valence-corrected chi connectivity index (χ0v) is 13.7. The van der Waals surface area contributed by atoms with Crippen LogP contribution in [-0.2, 0) is 9.53 Å². The molecule has 0 unspecified atom stereocenters. The van der Waals surface area contributed by atoms with Crippen LogP contribution in [0.4, 0.5) is 0 Å². The van der Waals surface area contributed by atoms with E-state index >= 15 is 0 Å². The van der Waals surface area contributed by atoms with E-state index in [-0.39, 0.29) is 5.97 Å². The molecule has 0 aromatic carbocycles. The fraction of sp³-hybridized carbons (Fsp3) is 0.833. The summed E-state index contributed by atoms with van der Waals surface area (Å²) >= 11 is 0. The summed E-state index contributed by atoms with van der Waals surface area (Å²) in [5, 5.41) is 9.74. The third-order valence-corrected chi connectivity index (χ3v) is 6.05. The minimum atomic E-state index is -0.127. The number of unbranched alkanes of at least 4 members (excludes halogenated alkanes) is 1. The van der Waals surface area contributed by atoms with Crippen LogP contribution in [0.2, 0.25) is 0 Å². The Kier molecular flexibility index (Phi) is 5.48. The molecule has 3 nitrogen and oxygen atoms in total. The van der Waals surface area contributed by atoms with Crippen molar-refractivity contribution in [3.63, 3.8) is 0 Å². The molecular weight excluding hydrogens is 264 g/mol. The molecule has 3 fully saturated rings. The minimum absolute atomic E-state index is 0.127. The Morgan fingerprint density at radius 3 is 2.71 bits per heavy atom. The molecule has 120 valence electrons. The first-order valence-electron chi connectivity index (χ1n) is 8.33. The molecule has 0 aromatic heterocycles. The van der Waals surface area contributed by atoms with Gasteiger partial charge in [-0.15, -0.1) is 0 Å². The molecule has 0 aromatic rings. The first-order chi connectivity index (χ1) is 10.0. The second-order valence-corrected chi connectivity index (χ2v) is 7.38. The molecule has 0 saturated heterocycles. The van der Waals surface area contributed by atoms with Gasteiger partial charge < -0.3 is 9.84 Å². The van der Waals surface area contributed by atoms with E-state index in [0.29, 0.717) is 36.2 Å². The summed E-state index contributed by atoms with van der Waals surface area (Å²) in [6, 6.07) is 0. The van der Waals surface area contributed by atoms with Crippen molar-refractivity contribution in [1.82, 2.24) is 0 Å². The van der Waals surface area contributed by atoms with E-state index in [2.05, 4.69) is 30.7 Å². The van der Waals surface area contributed by atoms with Crippen molar-refractivity contribution in [1.29, 1.82) is 0 Å². The molecule has 3 aliphatic carbocycles. The summed E-state index contributed by atoms with van der Waals surface area (Å²) in [5.41, 5.74) is 0.439. The van der Waals surface area contributed by atoms with E-state index in [0.717, 1.165) is 25.2 Å². The first-order valence-corrected chi connectivity index (χ1v) is 8.33. The van der Waals surface area contributed by atoms with Crippen molar-refractivity contribution < 1.29 is 14.6 Å². The SMILES string of the molecule is COC(=O)CCCC=CC[C@@H]1C[C@@H]2C[C@H]([C@H]1CO)C2(C)C. The highest BCUT2D eigenvalue weighted by Crippen LogP contribution is 2.63. The van der Waals surface area contributed by atoms with Gasteiger partial charge in [0.2, 0.25) is 0 Å². The predicted molar refractivity (Wildman–Crippen MR) is 83.7 cm³/mol. The first kappa shape index (κ1) is 16.5. The van der Waals surface area contributed by atoms with Crippen LogP contribution in [0.25, 0.3) is 0 Å². The Labute approximate surface area is 128 Å². The normalized spacial score (nSPS) is 33.7. The van der Waals surface area contributed by atoms with Gasteiger partial charge in [-0.05, 0) is 61.2 Å². The van der Waals surface area contributed by atoms with Gasteiger partial charge in [0, 0.05) is 13.0 Å². The topological polar surface area (TPSA) is 46.5 Å². The number of hydrogen-bond donors (Lipinski definition) is 1. The molecule has 1 N–H and O–H groups in total. The smallest absolute Gasteiger partial charge is 0.305 e. The number of esters is 1. The Balaban J connectivity index is 1.72.